The van der Waals surface area contributed by atoms with Gasteiger partial charge in [-0.25, -0.2) is 4.98 Å². The molecule has 0 saturated carbocycles. The van der Waals surface area contributed by atoms with Gasteiger partial charge in [0, 0.05) is 59.9 Å². The van der Waals surface area contributed by atoms with Crippen LogP contribution in [0.5, 0.6) is 0 Å². The van der Waals surface area contributed by atoms with E-state index in [-0.39, 0.29) is 17.9 Å². The first-order chi connectivity index (χ1) is 24.5. The Kier molecular flexibility index (Phi) is 7.64. The quantitative estimate of drug-likeness (QED) is 0.199. The van der Waals surface area contributed by atoms with Crippen molar-refractivity contribution < 1.29 is 23.3 Å². The highest BCUT2D eigenvalue weighted by molar-refractivity contribution is 6.09. The molecule has 1 fully saturated rings. The number of likely N-dealkylation sites (N-methyl/N-ethyl adjacent to an activating group) is 1. The zero-order valence-corrected chi connectivity index (χ0v) is 28.8. The topological polar surface area (TPSA) is 141 Å². The first-order valence-electron chi connectivity index (χ1n) is 16.6. The first kappa shape index (κ1) is 32.2. The minimum absolute atomic E-state index is 0.0864. The summed E-state index contributed by atoms with van der Waals surface area (Å²) in [6, 6.07) is 19.3. The van der Waals surface area contributed by atoms with Gasteiger partial charge in [0.05, 0.1) is 41.8 Å². The molecule has 256 valence electrons. The summed E-state index contributed by atoms with van der Waals surface area (Å²) in [5.74, 6) is 2.33. The van der Waals surface area contributed by atoms with Gasteiger partial charge in [0.1, 0.15) is 0 Å². The Hall–Kier alpha value is -6.01. The molecule has 0 aliphatic carbocycles. The number of pyridine rings is 2. The number of anilines is 2. The number of benzene rings is 2. The van der Waals surface area contributed by atoms with Crippen LogP contribution < -0.4 is 9.80 Å². The highest BCUT2D eigenvalue weighted by atomic mass is 16.5. The molecule has 6 aromatic rings. The summed E-state index contributed by atoms with van der Waals surface area (Å²) in [7, 11) is 1.81. The number of carbonyl (C=O) groups is 2. The smallest absolute Gasteiger partial charge is 0.258 e. The summed E-state index contributed by atoms with van der Waals surface area (Å²) < 4.78 is 16.7. The van der Waals surface area contributed by atoms with Gasteiger partial charge in [-0.2, -0.15) is 4.98 Å². The number of oxazole rings is 1. The highest BCUT2D eigenvalue weighted by Gasteiger charge is 2.48. The molecule has 7 heterocycles. The van der Waals surface area contributed by atoms with Crippen molar-refractivity contribution in [2.24, 2.45) is 0 Å². The summed E-state index contributed by atoms with van der Waals surface area (Å²) in [5.41, 5.74) is 6.17. The predicted octanol–water partition coefficient (Wildman–Crippen LogP) is 6.48. The van der Waals surface area contributed by atoms with E-state index in [4.69, 9.17) is 13.7 Å². The number of rotatable bonds is 5. The van der Waals surface area contributed by atoms with Crippen LogP contribution in [0.4, 0.5) is 11.4 Å². The van der Waals surface area contributed by atoms with E-state index < -0.39 is 10.8 Å². The lowest BCUT2D eigenvalue weighted by molar-refractivity contribution is -0.124. The van der Waals surface area contributed by atoms with Crippen molar-refractivity contribution in [1.29, 1.82) is 0 Å². The molecule has 0 bridgehead atoms. The fourth-order valence-electron chi connectivity index (χ4n) is 6.78. The normalized spacial score (nSPS) is 17.1. The maximum Gasteiger partial charge on any atom is 0.258 e. The number of ether oxygens (including phenoxy) is 1. The van der Waals surface area contributed by atoms with Crippen LogP contribution in [0.2, 0.25) is 0 Å². The molecule has 0 atom stereocenters. The van der Waals surface area contributed by atoms with E-state index in [0.29, 0.717) is 36.6 Å². The Morgan fingerprint density at radius 3 is 2.14 bits per heavy atom. The zero-order valence-electron chi connectivity index (χ0n) is 28.8. The van der Waals surface area contributed by atoms with Gasteiger partial charge >= 0.3 is 0 Å². The van der Waals surface area contributed by atoms with Gasteiger partial charge in [-0.05, 0) is 81.3 Å². The second-order valence-electron chi connectivity index (χ2n) is 13.9. The second-order valence-corrected chi connectivity index (χ2v) is 13.9. The molecular formula is C39H35N7O5. The van der Waals surface area contributed by atoms with Crippen molar-refractivity contribution >= 4 is 23.2 Å². The van der Waals surface area contributed by atoms with Crippen LogP contribution >= 0.6 is 0 Å². The van der Waals surface area contributed by atoms with Crippen LogP contribution in [0.15, 0.2) is 101 Å². The van der Waals surface area contributed by atoms with Crippen molar-refractivity contribution in [3.63, 3.8) is 0 Å². The summed E-state index contributed by atoms with van der Waals surface area (Å²) in [6.07, 6.45) is 8.50. The number of nitrogens with zero attached hydrogens (tertiary/aromatic N) is 7. The molecule has 4 aromatic heterocycles. The zero-order chi connectivity index (χ0) is 35.5. The van der Waals surface area contributed by atoms with Crippen LogP contribution in [0.25, 0.3) is 45.6 Å². The molecule has 0 spiro atoms. The van der Waals surface area contributed by atoms with Gasteiger partial charge in [-0.3, -0.25) is 19.6 Å². The number of hydrogen-bond acceptors (Lipinski definition) is 10. The van der Waals surface area contributed by atoms with Crippen molar-refractivity contribution in [2.75, 3.05) is 30.1 Å². The molecule has 3 aliphatic rings. The molecule has 3 aliphatic heterocycles. The molecule has 2 aromatic carbocycles. The van der Waals surface area contributed by atoms with Crippen LogP contribution in [0, 0.1) is 0 Å². The second kappa shape index (κ2) is 12.1. The van der Waals surface area contributed by atoms with Gasteiger partial charge < -0.3 is 23.5 Å². The van der Waals surface area contributed by atoms with Crippen molar-refractivity contribution in [3.05, 3.63) is 103 Å². The highest BCUT2D eigenvalue weighted by Crippen LogP contribution is 2.45. The van der Waals surface area contributed by atoms with E-state index in [2.05, 4.69) is 25.1 Å². The van der Waals surface area contributed by atoms with E-state index in [1.165, 1.54) is 0 Å². The van der Waals surface area contributed by atoms with Gasteiger partial charge in [0.15, 0.2) is 5.76 Å². The van der Waals surface area contributed by atoms with E-state index in [0.717, 1.165) is 44.8 Å². The lowest BCUT2D eigenvalue weighted by atomic mass is 9.86. The minimum atomic E-state index is -0.555. The number of fused-ring (bicyclic) bond motifs is 2. The van der Waals surface area contributed by atoms with Gasteiger partial charge in [-0.1, -0.05) is 23.4 Å². The SMILES string of the molecule is CC1(C)C(=O)N(C2COC2)c2cc(-c3nc(-c4ccncc4)no3)ccc21.CN1C(=O)C(C)(C)c2ccc(-c3cnc(-c4cccnc4)o3)cc21. The van der Waals surface area contributed by atoms with Crippen LogP contribution in [0.3, 0.4) is 0 Å². The van der Waals surface area contributed by atoms with E-state index in [9.17, 15) is 9.59 Å². The van der Waals surface area contributed by atoms with Gasteiger partial charge in [-0.15, -0.1) is 0 Å². The van der Waals surface area contributed by atoms with Gasteiger partial charge in [0.25, 0.3) is 5.89 Å². The molecule has 0 N–H and O–H groups in total. The minimum Gasteiger partial charge on any atom is -0.436 e. The van der Waals surface area contributed by atoms with Crippen LogP contribution in [0.1, 0.15) is 38.8 Å². The fourth-order valence-corrected chi connectivity index (χ4v) is 6.78. The number of amides is 2. The third kappa shape index (κ3) is 5.39. The Bertz CT molecular complexity index is 2280. The predicted molar refractivity (Wildman–Crippen MR) is 190 cm³/mol. The Balaban J connectivity index is 0.000000148. The Morgan fingerprint density at radius 1 is 0.725 bits per heavy atom. The lowest BCUT2D eigenvalue weighted by Crippen LogP contribution is -2.52. The van der Waals surface area contributed by atoms with Crippen molar-refractivity contribution in [2.45, 2.75) is 44.6 Å². The average Bonchev–Trinajstić information content (AvgIpc) is 3.90. The molecule has 51 heavy (non-hydrogen) atoms. The molecule has 9 rings (SSSR count). The molecule has 0 radical (unpaired) electrons. The third-order valence-corrected chi connectivity index (χ3v) is 9.85. The molecule has 2 amide bonds. The number of aromatic nitrogens is 5. The third-order valence-electron chi connectivity index (χ3n) is 9.85. The summed E-state index contributed by atoms with van der Waals surface area (Å²) in [6.45, 7) is 8.96. The van der Waals surface area contributed by atoms with E-state index in [1.54, 1.807) is 42.9 Å². The summed E-state index contributed by atoms with van der Waals surface area (Å²) in [4.78, 5) is 45.9. The van der Waals surface area contributed by atoms with E-state index in [1.807, 2.05) is 93.3 Å². The monoisotopic (exact) mass is 681 g/mol. The largest absolute Gasteiger partial charge is 0.436 e. The molecule has 0 unspecified atom stereocenters. The summed E-state index contributed by atoms with van der Waals surface area (Å²) >= 11 is 0. The van der Waals surface area contributed by atoms with Crippen molar-refractivity contribution in [3.8, 4) is 45.6 Å². The number of carbonyl (C=O) groups excluding carboxylic acids is 2. The van der Waals surface area contributed by atoms with E-state index >= 15 is 0 Å². The van der Waals surface area contributed by atoms with Crippen LogP contribution in [-0.4, -0.2) is 63.2 Å². The molecular weight excluding hydrogens is 646 g/mol. The number of hydrogen-bond donors (Lipinski definition) is 0. The first-order valence-corrected chi connectivity index (χ1v) is 16.6. The average molecular weight is 682 g/mol. The lowest BCUT2D eigenvalue weighted by Gasteiger charge is -2.35. The maximum atomic E-state index is 13.0. The fraction of sp³-hybridized carbons (Fsp3) is 0.256. The van der Waals surface area contributed by atoms with Gasteiger partial charge in [0.2, 0.25) is 23.5 Å². The Morgan fingerprint density at radius 2 is 1.43 bits per heavy atom. The molecule has 12 heteroatoms. The van der Waals surface area contributed by atoms with Crippen molar-refractivity contribution in [1.82, 2.24) is 25.1 Å². The Labute approximate surface area is 294 Å². The van der Waals surface area contributed by atoms with Crippen LogP contribution in [-0.2, 0) is 25.2 Å². The molecule has 1 saturated heterocycles. The standard InChI is InChI=1S/C20H18N4O3.C19H17N3O2/c1-20(2)15-4-3-13(9-16(15)24(19(20)25)14-10-26-11-14)18-22-17(23-27-18)12-5-7-21-8-6-12;1-19(2)14-7-6-12(9-15(14)22(3)18(19)23)16-11-21-17(24-16)13-5-4-8-20-10-13/h3-9,14H,10-11H2,1-2H3;4-11H,1-3H3. The summed E-state index contributed by atoms with van der Waals surface area (Å²) in [5, 5.41) is 4.07. The maximum absolute atomic E-state index is 13.0. The molecule has 12 nitrogen and oxygen atoms in total.